The number of nitrogens with zero attached hydrogens (tertiary/aromatic N) is 1. The van der Waals surface area contributed by atoms with Crippen molar-refractivity contribution in [3.05, 3.63) is 0 Å². The third-order valence-electron chi connectivity index (χ3n) is 3.40. The van der Waals surface area contributed by atoms with E-state index in [1.54, 1.807) is 0 Å². The summed E-state index contributed by atoms with van der Waals surface area (Å²) in [5, 5.41) is 3.68. The van der Waals surface area contributed by atoms with Gasteiger partial charge in [-0.2, -0.15) is 0 Å². The van der Waals surface area contributed by atoms with Crippen molar-refractivity contribution in [3.8, 4) is 0 Å². The molecule has 1 amide bonds. The van der Waals surface area contributed by atoms with Gasteiger partial charge in [-0.3, -0.25) is 5.32 Å². The largest absolute Gasteiger partial charge is 0.444 e. The van der Waals surface area contributed by atoms with Crippen molar-refractivity contribution >= 4 is 17.9 Å². The lowest BCUT2D eigenvalue weighted by atomic mass is 10.2. The van der Waals surface area contributed by atoms with Crippen LogP contribution in [0.2, 0.25) is 0 Å². The number of carbonyl (C=O) groups excluding carboxylic acids is 1. The zero-order valence-electron chi connectivity index (χ0n) is 11.8. The highest BCUT2D eigenvalue weighted by molar-refractivity contribution is 8.01. The molecule has 0 aromatic rings. The fraction of sp³-hybridized carbons (Fsp3) is 0.923. The zero-order chi connectivity index (χ0) is 13.4. The maximum Gasteiger partial charge on any atom is 0.410 e. The second-order valence-electron chi connectivity index (χ2n) is 6.21. The predicted octanol–water partition coefficient (Wildman–Crippen LogP) is 2.44. The van der Waals surface area contributed by atoms with E-state index in [4.69, 9.17) is 4.74 Å². The van der Waals surface area contributed by atoms with Crippen LogP contribution in [0.15, 0.2) is 0 Å². The topological polar surface area (TPSA) is 41.6 Å². The summed E-state index contributed by atoms with van der Waals surface area (Å²) in [5.41, 5.74) is -0.408. The normalized spacial score (nSPS) is 32.2. The molecule has 0 aromatic heterocycles. The van der Waals surface area contributed by atoms with E-state index in [1.807, 2.05) is 37.4 Å². The van der Waals surface area contributed by atoms with Crippen LogP contribution in [0.5, 0.6) is 0 Å². The molecule has 2 unspecified atom stereocenters. The molecule has 1 spiro atoms. The summed E-state index contributed by atoms with van der Waals surface area (Å²) in [4.78, 5) is 13.9. The number of ether oxygens (including phenoxy) is 1. The van der Waals surface area contributed by atoms with Gasteiger partial charge in [0, 0.05) is 18.3 Å². The van der Waals surface area contributed by atoms with Crippen LogP contribution in [0.1, 0.15) is 40.5 Å². The SMILES string of the molecule is CCC1CSC2(CCN(C(=O)OC(C)(C)C)C2)N1. The van der Waals surface area contributed by atoms with Crippen molar-refractivity contribution < 1.29 is 9.53 Å². The fourth-order valence-electron chi connectivity index (χ4n) is 2.44. The van der Waals surface area contributed by atoms with Gasteiger partial charge in [0.2, 0.25) is 0 Å². The number of likely N-dealkylation sites (tertiary alicyclic amines) is 1. The first kappa shape index (κ1) is 14.0. The molecule has 2 rings (SSSR count). The minimum atomic E-state index is -0.408. The van der Waals surface area contributed by atoms with E-state index in [9.17, 15) is 4.79 Å². The molecule has 2 fully saturated rings. The molecule has 0 aromatic carbocycles. The number of hydrogen-bond donors (Lipinski definition) is 1. The van der Waals surface area contributed by atoms with Gasteiger partial charge >= 0.3 is 6.09 Å². The highest BCUT2D eigenvalue weighted by Gasteiger charge is 2.46. The molecule has 0 radical (unpaired) electrons. The molecule has 2 atom stereocenters. The molecule has 1 N–H and O–H groups in total. The second kappa shape index (κ2) is 4.93. The van der Waals surface area contributed by atoms with Gasteiger partial charge in [-0.15, -0.1) is 11.8 Å². The summed E-state index contributed by atoms with van der Waals surface area (Å²) in [6.07, 6.45) is 2.00. The van der Waals surface area contributed by atoms with E-state index in [1.165, 1.54) is 0 Å². The first-order valence-corrected chi connectivity index (χ1v) is 7.72. The van der Waals surface area contributed by atoms with Crippen LogP contribution in [0, 0.1) is 0 Å². The molecular formula is C13H24N2O2S. The van der Waals surface area contributed by atoms with Gasteiger partial charge in [0.25, 0.3) is 0 Å². The minimum absolute atomic E-state index is 0.0809. The Labute approximate surface area is 114 Å². The molecule has 0 aliphatic carbocycles. The first-order valence-electron chi connectivity index (χ1n) is 6.73. The standard InChI is InChI=1S/C13H24N2O2S/c1-5-10-8-18-13(14-10)6-7-15(9-13)11(16)17-12(2,3)4/h10,14H,5-9H2,1-4H3. The molecule has 4 nitrogen and oxygen atoms in total. The lowest BCUT2D eigenvalue weighted by Crippen LogP contribution is -2.45. The molecule has 2 aliphatic rings. The first-order chi connectivity index (χ1) is 8.34. The van der Waals surface area contributed by atoms with Crippen LogP contribution in [0.3, 0.4) is 0 Å². The Morgan fingerprint density at radius 3 is 2.83 bits per heavy atom. The van der Waals surface area contributed by atoms with Gasteiger partial charge < -0.3 is 9.64 Å². The summed E-state index contributed by atoms with van der Waals surface area (Å²) in [5.74, 6) is 1.15. The molecule has 2 saturated heterocycles. The minimum Gasteiger partial charge on any atom is -0.444 e. The summed E-state index contributed by atoms with van der Waals surface area (Å²) < 4.78 is 5.43. The number of carbonyl (C=O) groups is 1. The molecule has 0 bridgehead atoms. The highest BCUT2D eigenvalue weighted by atomic mass is 32.2. The summed E-state index contributed by atoms with van der Waals surface area (Å²) >= 11 is 1.96. The number of thioether (sulfide) groups is 1. The molecule has 104 valence electrons. The number of rotatable bonds is 1. The Morgan fingerprint density at radius 2 is 2.28 bits per heavy atom. The average molecular weight is 272 g/mol. The van der Waals surface area contributed by atoms with Gasteiger partial charge in [0.1, 0.15) is 5.60 Å². The lowest BCUT2D eigenvalue weighted by Gasteiger charge is -2.27. The maximum atomic E-state index is 12.0. The Hall–Kier alpha value is -0.420. The Morgan fingerprint density at radius 1 is 1.56 bits per heavy atom. The van der Waals surface area contributed by atoms with E-state index in [0.29, 0.717) is 6.04 Å². The van der Waals surface area contributed by atoms with Crippen LogP contribution >= 0.6 is 11.8 Å². The van der Waals surface area contributed by atoms with Gasteiger partial charge in [0.15, 0.2) is 0 Å². The van der Waals surface area contributed by atoms with Crippen molar-refractivity contribution in [1.29, 1.82) is 0 Å². The Bertz CT molecular complexity index is 329. The monoisotopic (exact) mass is 272 g/mol. The summed E-state index contributed by atoms with van der Waals surface area (Å²) in [7, 11) is 0. The van der Waals surface area contributed by atoms with Crippen molar-refractivity contribution in [2.75, 3.05) is 18.8 Å². The molecule has 2 aliphatic heterocycles. The predicted molar refractivity (Wildman–Crippen MR) is 74.8 cm³/mol. The lowest BCUT2D eigenvalue weighted by molar-refractivity contribution is 0.0288. The van der Waals surface area contributed by atoms with Crippen molar-refractivity contribution in [2.45, 2.75) is 57.1 Å². The van der Waals surface area contributed by atoms with E-state index in [-0.39, 0.29) is 11.0 Å². The third kappa shape index (κ3) is 3.12. The fourth-order valence-corrected chi connectivity index (χ4v) is 4.01. The van der Waals surface area contributed by atoms with Crippen LogP contribution in [0.4, 0.5) is 4.79 Å². The molecule has 18 heavy (non-hydrogen) atoms. The van der Waals surface area contributed by atoms with E-state index in [0.717, 1.165) is 31.7 Å². The summed E-state index contributed by atoms with van der Waals surface area (Å²) in [6.45, 7) is 9.50. The molecule has 5 heteroatoms. The van der Waals surface area contributed by atoms with E-state index < -0.39 is 5.60 Å². The van der Waals surface area contributed by atoms with Gasteiger partial charge in [-0.25, -0.2) is 4.79 Å². The van der Waals surface area contributed by atoms with Crippen LogP contribution < -0.4 is 5.32 Å². The number of amides is 1. The zero-order valence-corrected chi connectivity index (χ0v) is 12.6. The Kier molecular flexibility index (Phi) is 3.83. The second-order valence-corrected chi connectivity index (χ2v) is 7.61. The van der Waals surface area contributed by atoms with Crippen molar-refractivity contribution in [2.24, 2.45) is 0 Å². The third-order valence-corrected chi connectivity index (χ3v) is 4.98. The number of nitrogens with one attached hydrogen (secondary N) is 1. The van der Waals surface area contributed by atoms with E-state index >= 15 is 0 Å². The molecule has 0 saturated carbocycles. The van der Waals surface area contributed by atoms with Crippen LogP contribution in [-0.4, -0.2) is 46.3 Å². The average Bonchev–Trinajstić information content (AvgIpc) is 2.84. The highest BCUT2D eigenvalue weighted by Crippen LogP contribution is 2.39. The van der Waals surface area contributed by atoms with Gasteiger partial charge in [0.05, 0.1) is 11.4 Å². The summed E-state index contributed by atoms with van der Waals surface area (Å²) in [6, 6.07) is 0.591. The van der Waals surface area contributed by atoms with Crippen molar-refractivity contribution in [3.63, 3.8) is 0 Å². The maximum absolute atomic E-state index is 12.0. The van der Waals surface area contributed by atoms with Gasteiger partial charge in [-0.05, 0) is 33.6 Å². The van der Waals surface area contributed by atoms with Crippen molar-refractivity contribution in [1.82, 2.24) is 10.2 Å². The quantitative estimate of drug-likeness (QED) is 0.796. The smallest absolute Gasteiger partial charge is 0.410 e. The van der Waals surface area contributed by atoms with E-state index in [2.05, 4.69) is 12.2 Å². The van der Waals surface area contributed by atoms with Crippen LogP contribution in [-0.2, 0) is 4.74 Å². The number of hydrogen-bond acceptors (Lipinski definition) is 4. The molecular weight excluding hydrogens is 248 g/mol. The Balaban J connectivity index is 1.91. The molecule has 2 heterocycles. The van der Waals surface area contributed by atoms with Crippen LogP contribution in [0.25, 0.3) is 0 Å². The van der Waals surface area contributed by atoms with Gasteiger partial charge in [-0.1, -0.05) is 6.92 Å².